The summed E-state index contributed by atoms with van der Waals surface area (Å²) in [5.41, 5.74) is 0. The van der Waals surface area contributed by atoms with Crippen LogP contribution in [-0.2, 0) is 7.05 Å². The average Bonchev–Trinajstić information content (AvgIpc) is 3.02. The van der Waals surface area contributed by atoms with Crippen LogP contribution in [0, 0.1) is 0 Å². The Morgan fingerprint density at radius 3 is 2.72 bits per heavy atom. The quantitative estimate of drug-likeness (QED) is 0.855. The molecular weight excluding hydrogens is 292 g/mol. The second-order valence-corrected chi connectivity index (χ2v) is 6.26. The molecule has 1 atom stereocenters. The van der Waals surface area contributed by atoms with Crippen LogP contribution < -0.4 is 4.90 Å². The highest BCUT2D eigenvalue weighted by atomic mass is 79.9. The molecular formula is C13H21BrN4. The number of aryl methyl sites for hydroxylation is 1. The predicted molar refractivity (Wildman–Crippen MR) is 77.0 cm³/mol. The van der Waals surface area contributed by atoms with E-state index in [0.29, 0.717) is 6.04 Å². The zero-order valence-electron chi connectivity index (χ0n) is 11.0. The fraction of sp³-hybridized carbons (Fsp3) is 0.769. The molecule has 0 saturated carbocycles. The van der Waals surface area contributed by atoms with Crippen molar-refractivity contribution in [3.63, 3.8) is 0 Å². The largest absolute Gasteiger partial charge is 0.353 e. The Labute approximate surface area is 117 Å². The van der Waals surface area contributed by atoms with E-state index in [1.807, 2.05) is 11.7 Å². The molecule has 1 aromatic heterocycles. The van der Waals surface area contributed by atoms with Gasteiger partial charge in [-0.3, -0.25) is 4.68 Å². The Morgan fingerprint density at radius 1 is 1.28 bits per heavy atom. The Bertz CT molecular complexity index is 411. The maximum Gasteiger partial charge on any atom is 0.130 e. The summed E-state index contributed by atoms with van der Waals surface area (Å²) in [6, 6.07) is 2.81. The lowest BCUT2D eigenvalue weighted by Crippen LogP contribution is -2.40. The highest BCUT2D eigenvalue weighted by Gasteiger charge is 2.29. The van der Waals surface area contributed by atoms with Gasteiger partial charge in [-0.2, -0.15) is 5.10 Å². The van der Waals surface area contributed by atoms with Gasteiger partial charge in [0.1, 0.15) is 10.4 Å². The van der Waals surface area contributed by atoms with Crippen molar-refractivity contribution >= 4 is 21.7 Å². The van der Waals surface area contributed by atoms with E-state index in [2.05, 4.69) is 36.9 Å². The van der Waals surface area contributed by atoms with Gasteiger partial charge in [0.25, 0.3) is 0 Å². The number of nitrogens with zero attached hydrogens (tertiary/aromatic N) is 4. The van der Waals surface area contributed by atoms with E-state index < -0.39 is 0 Å². The molecule has 0 N–H and O–H groups in total. The molecule has 0 unspecified atom stereocenters. The minimum absolute atomic E-state index is 0.672. The molecule has 1 aromatic rings. The van der Waals surface area contributed by atoms with Crippen LogP contribution in [0.3, 0.4) is 0 Å². The second-order valence-electron chi connectivity index (χ2n) is 5.45. The molecule has 3 heterocycles. The summed E-state index contributed by atoms with van der Waals surface area (Å²) < 4.78 is 2.93. The molecule has 2 aliphatic heterocycles. The Kier molecular flexibility index (Phi) is 3.61. The number of halogens is 1. The van der Waals surface area contributed by atoms with Crippen molar-refractivity contribution in [3.8, 4) is 0 Å². The van der Waals surface area contributed by atoms with E-state index in [1.165, 1.54) is 57.7 Å². The monoisotopic (exact) mass is 312 g/mol. The van der Waals surface area contributed by atoms with E-state index in [-0.39, 0.29) is 0 Å². The third kappa shape index (κ3) is 2.43. The summed E-state index contributed by atoms with van der Waals surface area (Å²) in [6.45, 7) is 4.98. The van der Waals surface area contributed by atoms with Gasteiger partial charge in [0.05, 0.1) is 0 Å². The number of aromatic nitrogens is 2. The van der Waals surface area contributed by atoms with Crippen LogP contribution in [0.25, 0.3) is 0 Å². The minimum atomic E-state index is 0.672. The minimum Gasteiger partial charge on any atom is -0.353 e. The van der Waals surface area contributed by atoms with Gasteiger partial charge in [0.15, 0.2) is 0 Å². The third-order valence-corrected chi connectivity index (χ3v) is 4.55. The van der Waals surface area contributed by atoms with Gasteiger partial charge in [-0.25, -0.2) is 0 Å². The van der Waals surface area contributed by atoms with Crippen molar-refractivity contribution < 1.29 is 0 Å². The van der Waals surface area contributed by atoms with Gasteiger partial charge in [-0.05, 0) is 54.7 Å². The van der Waals surface area contributed by atoms with E-state index in [0.717, 1.165) is 4.60 Å². The standard InChI is InChI=1S/C13H21BrN4/c1-16-13(9-12(14)15-16)18-8-4-5-11(18)10-17-6-2-3-7-17/h9,11H,2-8,10H2,1H3/t11-/m1/s1. The van der Waals surface area contributed by atoms with Crippen molar-refractivity contribution in [2.45, 2.75) is 31.7 Å². The average molecular weight is 313 g/mol. The van der Waals surface area contributed by atoms with Crippen LogP contribution in [0.15, 0.2) is 10.7 Å². The van der Waals surface area contributed by atoms with Crippen LogP contribution in [-0.4, -0.2) is 46.9 Å². The van der Waals surface area contributed by atoms with Crippen LogP contribution in [0.5, 0.6) is 0 Å². The summed E-state index contributed by atoms with van der Waals surface area (Å²) in [7, 11) is 2.03. The molecule has 0 aromatic carbocycles. The van der Waals surface area contributed by atoms with Gasteiger partial charge < -0.3 is 9.80 Å². The molecule has 5 heteroatoms. The summed E-state index contributed by atoms with van der Waals surface area (Å²) in [5, 5.41) is 4.40. The number of anilines is 1. The molecule has 0 amide bonds. The summed E-state index contributed by atoms with van der Waals surface area (Å²) >= 11 is 3.47. The van der Waals surface area contributed by atoms with Gasteiger partial charge >= 0.3 is 0 Å². The fourth-order valence-electron chi connectivity index (χ4n) is 3.28. The summed E-state index contributed by atoms with van der Waals surface area (Å²) in [6.07, 6.45) is 5.38. The normalized spacial score (nSPS) is 25.2. The zero-order chi connectivity index (χ0) is 12.5. The molecule has 4 nitrogen and oxygen atoms in total. The predicted octanol–water partition coefficient (Wildman–Crippen LogP) is 2.25. The summed E-state index contributed by atoms with van der Waals surface area (Å²) in [4.78, 5) is 5.16. The van der Waals surface area contributed by atoms with Crippen LogP contribution in [0.1, 0.15) is 25.7 Å². The third-order valence-electron chi connectivity index (χ3n) is 4.16. The van der Waals surface area contributed by atoms with Crippen LogP contribution in [0.2, 0.25) is 0 Å². The van der Waals surface area contributed by atoms with Crippen molar-refractivity contribution in [1.29, 1.82) is 0 Å². The van der Waals surface area contributed by atoms with Crippen molar-refractivity contribution in [3.05, 3.63) is 10.7 Å². The number of hydrogen-bond acceptors (Lipinski definition) is 3. The Balaban J connectivity index is 1.72. The zero-order valence-corrected chi connectivity index (χ0v) is 12.6. The van der Waals surface area contributed by atoms with Crippen molar-refractivity contribution in [2.24, 2.45) is 7.05 Å². The van der Waals surface area contributed by atoms with E-state index in [9.17, 15) is 0 Å². The van der Waals surface area contributed by atoms with Crippen molar-refractivity contribution in [1.82, 2.24) is 14.7 Å². The molecule has 0 bridgehead atoms. The molecule has 2 saturated heterocycles. The maximum absolute atomic E-state index is 4.40. The number of hydrogen-bond donors (Lipinski definition) is 0. The topological polar surface area (TPSA) is 24.3 Å². The molecule has 0 radical (unpaired) electrons. The highest BCUT2D eigenvalue weighted by molar-refractivity contribution is 9.10. The van der Waals surface area contributed by atoms with Gasteiger partial charge in [-0.15, -0.1) is 0 Å². The number of rotatable bonds is 3. The lowest BCUT2D eigenvalue weighted by atomic mass is 10.2. The highest BCUT2D eigenvalue weighted by Crippen LogP contribution is 2.28. The smallest absolute Gasteiger partial charge is 0.130 e. The summed E-state index contributed by atoms with van der Waals surface area (Å²) in [5.74, 6) is 1.25. The van der Waals surface area contributed by atoms with Gasteiger partial charge in [0, 0.05) is 32.2 Å². The van der Waals surface area contributed by atoms with E-state index >= 15 is 0 Å². The second kappa shape index (κ2) is 5.21. The van der Waals surface area contributed by atoms with Crippen molar-refractivity contribution in [2.75, 3.05) is 31.1 Å². The lowest BCUT2D eigenvalue weighted by molar-refractivity contribution is 0.313. The van der Waals surface area contributed by atoms with Gasteiger partial charge in [-0.1, -0.05) is 0 Å². The Morgan fingerprint density at radius 2 is 2.06 bits per heavy atom. The first-order valence-electron chi connectivity index (χ1n) is 6.92. The first kappa shape index (κ1) is 12.5. The van der Waals surface area contributed by atoms with Crippen LogP contribution >= 0.6 is 15.9 Å². The fourth-order valence-corrected chi connectivity index (χ4v) is 3.73. The lowest BCUT2D eigenvalue weighted by Gasteiger charge is -2.29. The van der Waals surface area contributed by atoms with Gasteiger partial charge in [0.2, 0.25) is 0 Å². The number of likely N-dealkylation sites (tertiary alicyclic amines) is 1. The first-order valence-corrected chi connectivity index (χ1v) is 7.72. The molecule has 3 rings (SSSR count). The maximum atomic E-state index is 4.40. The SMILES string of the molecule is Cn1nc(Br)cc1N1CCC[C@@H]1CN1CCCC1. The molecule has 100 valence electrons. The van der Waals surface area contributed by atoms with E-state index in [1.54, 1.807) is 0 Å². The molecule has 0 spiro atoms. The molecule has 0 aliphatic carbocycles. The molecule has 2 fully saturated rings. The molecule has 2 aliphatic rings. The molecule has 18 heavy (non-hydrogen) atoms. The Hall–Kier alpha value is -0.550. The first-order chi connectivity index (χ1) is 8.74. The van der Waals surface area contributed by atoms with E-state index in [4.69, 9.17) is 0 Å². The van der Waals surface area contributed by atoms with Crippen LogP contribution in [0.4, 0.5) is 5.82 Å².